The number of carbonyl (C=O) groups is 1. The third-order valence-electron chi connectivity index (χ3n) is 4.64. The summed E-state index contributed by atoms with van der Waals surface area (Å²) in [6.45, 7) is 5.39. The zero-order chi connectivity index (χ0) is 17.6. The molecule has 1 aromatic rings. The Bertz CT molecular complexity index is 599. The van der Waals surface area contributed by atoms with Gasteiger partial charge in [-0.2, -0.15) is 0 Å². The molecule has 2 heterocycles. The summed E-state index contributed by atoms with van der Waals surface area (Å²) in [7, 11) is 3.26. The van der Waals surface area contributed by atoms with Gasteiger partial charge in [-0.1, -0.05) is 6.07 Å². The van der Waals surface area contributed by atoms with Crippen LogP contribution in [0.2, 0.25) is 0 Å². The number of hydrogen-bond acceptors (Lipinski definition) is 6. The van der Waals surface area contributed by atoms with E-state index in [0.29, 0.717) is 17.3 Å². The molecule has 6 nitrogen and oxygen atoms in total. The molecule has 0 aromatic heterocycles. The highest BCUT2D eigenvalue weighted by molar-refractivity contribution is 8.00. The number of halogens is 1. The molecule has 2 saturated heterocycles. The summed E-state index contributed by atoms with van der Waals surface area (Å²) >= 11 is 1.68. The minimum Gasteiger partial charge on any atom is -0.493 e. The van der Waals surface area contributed by atoms with Crippen LogP contribution in [0.15, 0.2) is 18.2 Å². The van der Waals surface area contributed by atoms with E-state index in [0.717, 1.165) is 51.4 Å². The number of benzene rings is 1. The van der Waals surface area contributed by atoms with Gasteiger partial charge in [0.1, 0.15) is 5.37 Å². The van der Waals surface area contributed by atoms with E-state index in [1.807, 2.05) is 23.1 Å². The van der Waals surface area contributed by atoms with Crippen molar-refractivity contribution in [3.8, 4) is 11.5 Å². The van der Waals surface area contributed by atoms with E-state index in [4.69, 9.17) is 14.2 Å². The van der Waals surface area contributed by atoms with Crippen LogP contribution in [0.3, 0.4) is 0 Å². The number of morpholine rings is 1. The monoisotopic (exact) mass is 402 g/mol. The van der Waals surface area contributed by atoms with Gasteiger partial charge in [-0.05, 0) is 24.1 Å². The molecule has 8 heteroatoms. The van der Waals surface area contributed by atoms with Crippen LogP contribution < -0.4 is 9.47 Å². The number of amides is 1. The van der Waals surface area contributed by atoms with E-state index in [1.54, 1.807) is 26.0 Å². The van der Waals surface area contributed by atoms with E-state index < -0.39 is 0 Å². The maximum atomic E-state index is 12.3. The highest BCUT2D eigenvalue weighted by Gasteiger charge is 2.33. The molecule has 2 fully saturated rings. The minimum atomic E-state index is 0. The van der Waals surface area contributed by atoms with Gasteiger partial charge in [0.2, 0.25) is 5.91 Å². The number of hydrogen-bond donors (Lipinski definition) is 0. The van der Waals surface area contributed by atoms with Crippen molar-refractivity contribution in [1.29, 1.82) is 0 Å². The Balaban J connectivity index is 0.00000243. The fourth-order valence-corrected chi connectivity index (χ4v) is 4.48. The van der Waals surface area contributed by atoms with Gasteiger partial charge in [0.25, 0.3) is 0 Å². The number of rotatable bonds is 7. The fourth-order valence-electron chi connectivity index (χ4n) is 3.27. The Morgan fingerprint density at radius 3 is 2.58 bits per heavy atom. The molecule has 0 bridgehead atoms. The summed E-state index contributed by atoms with van der Waals surface area (Å²) < 4.78 is 16.1. The summed E-state index contributed by atoms with van der Waals surface area (Å²) in [4.78, 5) is 16.7. The molecule has 0 saturated carbocycles. The van der Waals surface area contributed by atoms with E-state index in [-0.39, 0.29) is 23.7 Å². The van der Waals surface area contributed by atoms with Crippen LogP contribution in [0.25, 0.3) is 0 Å². The quantitative estimate of drug-likeness (QED) is 0.698. The number of carbonyl (C=O) groups excluding carboxylic acids is 1. The van der Waals surface area contributed by atoms with E-state index in [2.05, 4.69) is 4.90 Å². The molecule has 146 valence electrons. The Morgan fingerprint density at radius 1 is 1.15 bits per heavy atom. The zero-order valence-electron chi connectivity index (χ0n) is 15.3. The molecule has 3 rings (SSSR count). The lowest BCUT2D eigenvalue weighted by atomic mass is 10.1. The normalized spacial score (nSPS) is 20.8. The third-order valence-corrected chi connectivity index (χ3v) is 5.89. The van der Waals surface area contributed by atoms with Crippen molar-refractivity contribution in [1.82, 2.24) is 9.80 Å². The van der Waals surface area contributed by atoms with Gasteiger partial charge in [-0.15, -0.1) is 24.2 Å². The van der Waals surface area contributed by atoms with Crippen LogP contribution >= 0.6 is 24.2 Å². The lowest BCUT2D eigenvalue weighted by Gasteiger charge is -2.29. The van der Waals surface area contributed by atoms with E-state index in [1.165, 1.54) is 0 Å². The van der Waals surface area contributed by atoms with Crippen LogP contribution in [-0.2, 0) is 9.53 Å². The van der Waals surface area contributed by atoms with Crippen LogP contribution in [0.4, 0.5) is 0 Å². The van der Waals surface area contributed by atoms with Crippen LogP contribution in [-0.4, -0.2) is 75.1 Å². The van der Waals surface area contributed by atoms with Gasteiger partial charge >= 0.3 is 0 Å². The largest absolute Gasteiger partial charge is 0.493 e. The van der Waals surface area contributed by atoms with Crippen LogP contribution in [0.5, 0.6) is 11.5 Å². The highest BCUT2D eigenvalue weighted by atomic mass is 35.5. The summed E-state index contributed by atoms with van der Waals surface area (Å²) in [5.41, 5.74) is 1.08. The van der Waals surface area contributed by atoms with E-state index in [9.17, 15) is 4.79 Å². The molecule has 0 spiro atoms. The van der Waals surface area contributed by atoms with Gasteiger partial charge < -0.3 is 19.1 Å². The Morgan fingerprint density at radius 2 is 1.88 bits per heavy atom. The average Bonchev–Trinajstić information content (AvgIpc) is 3.02. The Labute approximate surface area is 165 Å². The van der Waals surface area contributed by atoms with Crippen molar-refractivity contribution in [3.05, 3.63) is 23.8 Å². The van der Waals surface area contributed by atoms with Crippen molar-refractivity contribution >= 4 is 30.1 Å². The number of methoxy groups -OCH3 is 2. The summed E-state index contributed by atoms with van der Waals surface area (Å²) in [5, 5.41) is 0.0528. The fraction of sp³-hybridized carbons (Fsp3) is 0.611. The topological polar surface area (TPSA) is 51.2 Å². The predicted octanol–water partition coefficient (Wildman–Crippen LogP) is 2.42. The SMILES string of the molecule is COc1ccc(C2SCC(=O)N2CCCN2CCOCC2)cc1OC.Cl. The average molecular weight is 403 g/mol. The van der Waals surface area contributed by atoms with Crippen molar-refractivity contribution < 1.29 is 19.0 Å². The lowest BCUT2D eigenvalue weighted by Crippen LogP contribution is -2.38. The zero-order valence-corrected chi connectivity index (χ0v) is 16.9. The first kappa shape index (κ1) is 21.2. The third kappa shape index (κ3) is 4.97. The standard InChI is InChI=1S/C18H26N2O4S.ClH/c1-22-15-5-4-14(12-16(15)23-2)18-20(17(21)13-25-18)7-3-6-19-8-10-24-11-9-19;/h4-5,12,18H,3,6-11,13H2,1-2H3;1H. The minimum absolute atomic E-state index is 0. The molecular weight excluding hydrogens is 376 g/mol. The first-order chi connectivity index (χ1) is 12.2. The second-order valence-electron chi connectivity index (χ2n) is 6.17. The van der Waals surface area contributed by atoms with Gasteiger partial charge in [0, 0.05) is 26.2 Å². The van der Waals surface area contributed by atoms with Gasteiger partial charge in [-0.3, -0.25) is 9.69 Å². The summed E-state index contributed by atoms with van der Waals surface area (Å²) in [6, 6.07) is 5.90. The molecule has 1 aromatic carbocycles. The predicted molar refractivity (Wildman–Crippen MR) is 106 cm³/mol. The molecule has 1 unspecified atom stereocenters. The molecule has 1 atom stereocenters. The molecule has 26 heavy (non-hydrogen) atoms. The highest BCUT2D eigenvalue weighted by Crippen LogP contribution is 2.41. The lowest BCUT2D eigenvalue weighted by molar-refractivity contribution is -0.128. The van der Waals surface area contributed by atoms with Crippen LogP contribution in [0.1, 0.15) is 17.4 Å². The molecule has 0 N–H and O–H groups in total. The molecule has 2 aliphatic rings. The smallest absolute Gasteiger partial charge is 0.233 e. The summed E-state index contributed by atoms with van der Waals surface area (Å²) in [5.74, 6) is 2.16. The van der Waals surface area contributed by atoms with Gasteiger partial charge in [0.05, 0.1) is 33.2 Å². The number of nitrogens with zero attached hydrogens (tertiary/aromatic N) is 2. The second kappa shape index (κ2) is 10.3. The first-order valence-corrected chi connectivity index (χ1v) is 9.71. The van der Waals surface area contributed by atoms with Crippen molar-refractivity contribution in [2.45, 2.75) is 11.8 Å². The maximum absolute atomic E-state index is 12.3. The maximum Gasteiger partial charge on any atom is 0.233 e. The number of thioether (sulfide) groups is 1. The molecule has 2 aliphatic heterocycles. The molecule has 0 aliphatic carbocycles. The van der Waals surface area contributed by atoms with Crippen LogP contribution in [0, 0.1) is 0 Å². The molecule has 0 radical (unpaired) electrons. The van der Waals surface area contributed by atoms with Gasteiger partial charge in [-0.25, -0.2) is 0 Å². The van der Waals surface area contributed by atoms with Gasteiger partial charge in [0.15, 0.2) is 11.5 Å². The summed E-state index contributed by atoms with van der Waals surface area (Å²) in [6.07, 6.45) is 0.982. The Kier molecular flexibility index (Phi) is 8.34. The molecular formula is C18H27ClN2O4S. The molecule has 1 amide bonds. The van der Waals surface area contributed by atoms with Crippen molar-refractivity contribution in [2.24, 2.45) is 0 Å². The van der Waals surface area contributed by atoms with Crippen molar-refractivity contribution in [3.63, 3.8) is 0 Å². The second-order valence-corrected chi connectivity index (χ2v) is 7.24. The Hall–Kier alpha value is -1.15. The first-order valence-electron chi connectivity index (χ1n) is 8.66. The number of ether oxygens (including phenoxy) is 3. The van der Waals surface area contributed by atoms with E-state index >= 15 is 0 Å². The van der Waals surface area contributed by atoms with Crippen molar-refractivity contribution in [2.75, 3.05) is 59.4 Å².